The first-order chi connectivity index (χ1) is 12.6. The molecule has 0 spiro atoms. The molecule has 1 amide bonds. The fourth-order valence-corrected chi connectivity index (χ4v) is 3.07. The van der Waals surface area contributed by atoms with Crippen LogP contribution in [0.4, 0.5) is 5.82 Å². The minimum atomic E-state index is -0.456. The normalized spacial score (nSPS) is 10.5. The van der Waals surface area contributed by atoms with Gasteiger partial charge in [-0.25, -0.2) is 4.98 Å². The third-order valence-corrected chi connectivity index (χ3v) is 4.63. The van der Waals surface area contributed by atoms with Crippen LogP contribution in [0, 0.1) is 0 Å². The van der Waals surface area contributed by atoms with Gasteiger partial charge in [-0.2, -0.15) is 0 Å². The molecule has 0 aliphatic heterocycles. The molecule has 0 aliphatic carbocycles. The molecule has 0 radical (unpaired) electrons. The van der Waals surface area contributed by atoms with Crippen molar-refractivity contribution in [2.75, 3.05) is 17.7 Å². The first-order valence-electron chi connectivity index (χ1n) is 7.79. The second-order valence-electron chi connectivity index (χ2n) is 5.37. The van der Waals surface area contributed by atoms with Crippen LogP contribution in [0.2, 0.25) is 5.02 Å². The van der Waals surface area contributed by atoms with Gasteiger partial charge in [0.05, 0.1) is 10.8 Å². The Hall–Kier alpha value is -2.57. The number of halogens is 1. The summed E-state index contributed by atoms with van der Waals surface area (Å²) in [5.74, 6) is -0.433. The Balaban J connectivity index is 1.44. The van der Waals surface area contributed by atoms with Gasteiger partial charge >= 0.3 is 5.97 Å². The van der Waals surface area contributed by atoms with Gasteiger partial charge in [-0.05, 0) is 35.0 Å². The van der Waals surface area contributed by atoms with E-state index in [0.29, 0.717) is 10.8 Å². The summed E-state index contributed by atoms with van der Waals surface area (Å²) < 4.78 is 4.98. The molecule has 26 heavy (non-hydrogen) atoms. The van der Waals surface area contributed by atoms with Crippen molar-refractivity contribution in [3.8, 4) is 0 Å². The number of esters is 1. The summed E-state index contributed by atoms with van der Waals surface area (Å²) in [5.41, 5.74) is 0. The van der Waals surface area contributed by atoms with Gasteiger partial charge in [-0.15, -0.1) is 11.8 Å². The van der Waals surface area contributed by atoms with Crippen LogP contribution >= 0.6 is 23.4 Å². The van der Waals surface area contributed by atoms with Crippen molar-refractivity contribution in [1.82, 2.24) is 4.98 Å². The van der Waals surface area contributed by atoms with Crippen molar-refractivity contribution in [2.45, 2.75) is 4.90 Å². The highest BCUT2D eigenvalue weighted by Crippen LogP contribution is 2.23. The highest BCUT2D eigenvalue weighted by molar-refractivity contribution is 8.00. The number of benzene rings is 2. The predicted octanol–water partition coefficient (Wildman–Crippen LogP) is 4.16. The summed E-state index contributed by atoms with van der Waals surface area (Å²) in [6.45, 7) is -0.360. The number of nitrogens with zero attached hydrogens (tertiary/aromatic N) is 1. The molecule has 2 aromatic carbocycles. The highest BCUT2D eigenvalue weighted by atomic mass is 35.5. The van der Waals surface area contributed by atoms with Gasteiger partial charge in [0.25, 0.3) is 5.91 Å². The molecule has 3 aromatic rings. The Morgan fingerprint density at radius 3 is 2.65 bits per heavy atom. The molecule has 1 N–H and O–H groups in total. The number of hydrogen-bond acceptors (Lipinski definition) is 5. The zero-order valence-corrected chi connectivity index (χ0v) is 15.2. The number of amides is 1. The van der Waals surface area contributed by atoms with Crippen LogP contribution in [0.5, 0.6) is 0 Å². The van der Waals surface area contributed by atoms with Gasteiger partial charge in [-0.3, -0.25) is 9.59 Å². The van der Waals surface area contributed by atoms with Crippen molar-refractivity contribution < 1.29 is 14.3 Å². The number of anilines is 1. The van der Waals surface area contributed by atoms with E-state index >= 15 is 0 Å². The van der Waals surface area contributed by atoms with E-state index < -0.39 is 11.9 Å². The Kier molecular flexibility index (Phi) is 6.09. The number of fused-ring (bicyclic) bond motifs is 1. The number of nitrogens with one attached hydrogen (secondary N) is 1. The monoisotopic (exact) mass is 386 g/mol. The first-order valence-corrected chi connectivity index (χ1v) is 9.15. The summed E-state index contributed by atoms with van der Waals surface area (Å²) >= 11 is 7.09. The zero-order valence-electron chi connectivity index (χ0n) is 13.6. The summed E-state index contributed by atoms with van der Waals surface area (Å²) in [7, 11) is 0. The average molecular weight is 387 g/mol. The standard InChI is InChI=1S/C19H15ClN2O3S/c20-15-6-8-17(21-10-15)22-18(23)11-25-19(24)12-26-16-7-5-13-3-1-2-4-14(13)9-16/h1-10H,11-12H2,(H,21,22,23). The minimum absolute atomic E-state index is 0.130. The Labute approximate surface area is 159 Å². The lowest BCUT2D eigenvalue weighted by Crippen LogP contribution is -2.22. The number of hydrogen-bond donors (Lipinski definition) is 1. The van der Waals surface area contributed by atoms with Gasteiger partial charge in [-0.1, -0.05) is 41.9 Å². The summed E-state index contributed by atoms with van der Waals surface area (Å²) in [5, 5.41) is 5.26. The fraction of sp³-hybridized carbons (Fsp3) is 0.105. The number of thioether (sulfide) groups is 1. The maximum atomic E-state index is 11.8. The molecular formula is C19H15ClN2O3S. The quantitative estimate of drug-likeness (QED) is 0.509. The number of pyridine rings is 1. The van der Waals surface area contributed by atoms with E-state index in [0.717, 1.165) is 15.7 Å². The third-order valence-electron chi connectivity index (χ3n) is 3.44. The van der Waals surface area contributed by atoms with Crippen LogP contribution in [-0.2, 0) is 14.3 Å². The molecule has 7 heteroatoms. The molecule has 0 unspecified atom stereocenters. The SMILES string of the molecule is O=C(COC(=O)CSc1ccc2ccccc2c1)Nc1ccc(Cl)cn1. The minimum Gasteiger partial charge on any atom is -0.455 e. The topological polar surface area (TPSA) is 68.3 Å². The lowest BCUT2D eigenvalue weighted by Gasteiger charge is -2.06. The zero-order chi connectivity index (χ0) is 18.4. The summed E-state index contributed by atoms with van der Waals surface area (Å²) in [6.07, 6.45) is 1.42. The van der Waals surface area contributed by atoms with Gasteiger partial charge < -0.3 is 10.1 Å². The maximum absolute atomic E-state index is 11.8. The molecule has 0 saturated carbocycles. The summed E-state index contributed by atoms with van der Waals surface area (Å²) in [6, 6.07) is 17.2. The largest absolute Gasteiger partial charge is 0.455 e. The number of carbonyl (C=O) groups excluding carboxylic acids is 2. The van der Waals surface area contributed by atoms with Crippen molar-refractivity contribution in [3.05, 3.63) is 65.8 Å². The molecule has 0 fully saturated rings. The van der Waals surface area contributed by atoms with Crippen LogP contribution in [0.1, 0.15) is 0 Å². The highest BCUT2D eigenvalue weighted by Gasteiger charge is 2.09. The number of rotatable bonds is 6. The molecule has 132 valence electrons. The molecular weight excluding hydrogens is 372 g/mol. The van der Waals surface area contributed by atoms with E-state index in [1.165, 1.54) is 18.0 Å². The second kappa shape index (κ2) is 8.69. The van der Waals surface area contributed by atoms with Gasteiger partial charge in [0.2, 0.25) is 0 Å². The fourth-order valence-electron chi connectivity index (χ4n) is 2.22. The Bertz CT molecular complexity index is 931. The predicted molar refractivity (Wildman–Crippen MR) is 104 cm³/mol. The third kappa shape index (κ3) is 5.21. The Morgan fingerprint density at radius 1 is 1.08 bits per heavy atom. The van der Waals surface area contributed by atoms with E-state index in [-0.39, 0.29) is 12.4 Å². The van der Waals surface area contributed by atoms with Crippen LogP contribution in [0.3, 0.4) is 0 Å². The number of ether oxygens (including phenoxy) is 1. The second-order valence-corrected chi connectivity index (χ2v) is 6.85. The number of aromatic nitrogens is 1. The average Bonchev–Trinajstić information content (AvgIpc) is 2.66. The van der Waals surface area contributed by atoms with E-state index in [1.54, 1.807) is 12.1 Å². The van der Waals surface area contributed by atoms with E-state index in [2.05, 4.69) is 10.3 Å². The van der Waals surface area contributed by atoms with Crippen LogP contribution in [0.15, 0.2) is 65.7 Å². The maximum Gasteiger partial charge on any atom is 0.316 e. The van der Waals surface area contributed by atoms with E-state index in [4.69, 9.17) is 16.3 Å². The first kappa shape index (κ1) is 18.2. The van der Waals surface area contributed by atoms with Crippen molar-refractivity contribution in [2.24, 2.45) is 0 Å². The molecule has 0 saturated heterocycles. The van der Waals surface area contributed by atoms with Gasteiger partial charge in [0.15, 0.2) is 6.61 Å². The van der Waals surface area contributed by atoms with Crippen LogP contribution in [0.25, 0.3) is 10.8 Å². The Morgan fingerprint density at radius 2 is 1.88 bits per heavy atom. The molecule has 1 aromatic heterocycles. The van der Waals surface area contributed by atoms with E-state index in [9.17, 15) is 9.59 Å². The lowest BCUT2D eigenvalue weighted by molar-refractivity contribution is -0.144. The molecule has 5 nitrogen and oxygen atoms in total. The molecule has 0 atom stereocenters. The summed E-state index contributed by atoms with van der Waals surface area (Å²) in [4.78, 5) is 28.5. The van der Waals surface area contributed by atoms with Crippen molar-refractivity contribution in [3.63, 3.8) is 0 Å². The van der Waals surface area contributed by atoms with Crippen LogP contribution in [-0.4, -0.2) is 29.2 Å². The lowest BCUT2D eigenvalue weighted by atomic mass is 10.1. The van der Waals surface area contributed by atoms with E-state index in [1.807, 2.05) is 42.5 Å². The number of carbonyl (C=O) groups is 2. The molecule has 1 heterocycles. The van der Waals surface area contributed by atoms with Gasteiger partial charge in [0.1, 0.15) is 5.82 Å². The molecule has 0 aliphatic rings. The molecule has 0 bridgehead atoms. The smallest absolute Gasteiger partial charge is 0.316 e. The van der Waals surface area contributed by atoms with Crippen molar-refractivity contribution in [1.29, 1.82) is 0 Å². The van der Waals surface area contributed by atoms with Crippen molar-refractivity contribution >= 4 is 51.8 Å². The van der Waals surface area contributed by atoms with Gasteiger partial charge in [0, 0.05) is 11.1 Å². The van der Waals surface area contributed by atoms with Crippen LogP contribution < -0.4 is 5.32 Å². The molecule has 3 rings (SSSR count).